The van der Waals surface area contributed by atoms with Gasteiger partial charge in [0, 0.05) is 31.1 Å². The zero-order chi connectivity index (χ0) is 20.2. The third kappa shape index (κ3) is 6.68. The first-order chi connectivity index (χ1) is 13.7. The molecule has 1 fully saturated rings. The van der Waals surface area contributed by atoms with Crippen LogP contribution in [0.4, 0.5) is 0 Å². The summed E-state index contributed by atoms with van der Waals surface area (Å²) in [5.74, 6) is 0.913. The number of nitrogens with zero attached hydrogens (tertiary/aromatic N) is 2. The van der Waals surface area contributed by atoms with Gasteiger partial charge < -0.3 is 15.4 Å². The molecule has 0 saturated carbocycles. The molecule has 0 radical (unpaired) electrons. The molecule has 2 N–H and O–H groups in total. The maximum atomic E-state index is 5.56. The van der Waals surface area contributed by atoms with E-state index < -0.39 is 0 Å². The topological polar surface area (TPSA) is 48.9 Å². The minimum atomic E-state index is 0.207. The summed E-state index contributed by atoms with van der Waals surface area (Å²) >= 11 is 1.94. The fourth-order valence-corrected chi connectivity index (χ4v) is 4.49. The Morgan fingerprint density at radius 2 is 1.82 bits per heavy atom. The van der Waals surface area contributed by atoms with Gasteiger partial charge in [-0.05, 0) is 44.7 Å². The van der Waals surface area contributed by atoms with Crippen LogP contribution in [0.15, 0.2) is 35.3 Å². The van der Waals surface area contributed by atoms with Crippen LogP contribution in [-0.2, 0) is 4.74 Å². The number of benzene rings is 1. The molecule has 0 bridgehead atoms. The predicted molar refractivity (Wildman–Crippen MR) is 122 cm³/mol. The van der Waals surface area contributed by atoms with Crippen molar-refractivity contribution < 1.29 is 4.74 Å². The number of aliphatic imine (C=N–C) groups is 1. The molecule has 1 aliphatic rings. The fourth-order valence-electron chi connectivity index (χ4n) is 3.73. The molecule has 0 aromatic heterocycles. The van der Waals surface area contributed by atoms with Gasteiger partial charge in [-0.25, -0.2) is 0 Å². The molecular weight excluding hydrogens is 368 g/mol. The Kier molecular flexibility index (Phi) is 10.2. The molecule has 1 aromatic carbocycles. The quantitative estimate of drug-likeness (QED) is 0.460. The summed E-state index contributed by atoms with van der Waals surface area (Å²) in [4.78, 5) is 7.45. The molecule has 0 spiro atoms. The van der Waals surface area contributed by atoms with Crippen molar-refractivity contribution in [2.75, 3.05) is 52.2 Å². The third-order valence-corrected chi connectivity index (χ3v) is 7.01. The molecular formula is C22H38N4OS. The van der Waals surface area contributed by atoms with E-state index in [-0.39, 0.29) is 4.75 Å². The molecule has 1 saturated heterocycles. The van der Waals surface area contributed by atoms with Crippen LogP contribution in [0, 0.1) is 0 Å². The second kappa shape index (κ2) is 12.3. The van der Waals surface area contributed by atoms with E-state index in [9.17, 15) is 0 Å². The predicted octanol–water partition coefficient (Wildman–Crippen LogP) is 3.54. The Morgan fingerprint density at radius 1 is 1.14 bits per heavy atom. The summed E-state index contributed by atoms with van der Waals surface area (Å²) < 4.78 is 5.77. The van der Waals surface area contributed by atoms with Gasteiger partial charge in [-0.2, -0.15) is 11.8 Å². The number of rotatable bonds is 10. The average molecular weight is 407 g/mol. The summed E-state index contributed by atoms with van der Waals surface area (Å²) in [5, 5.41) is 7.03. The standard InChI is InChI=1S/C22H38N4OS/c1-5-23-21(25-18-22(28-4)13-15-27-16-14-22)24-17-20(26(6-2)7-3)19-11-9-8-10-12-19/h8-12,20H,5-7,13-18H2,1-4H3,(H2,23,24,25). The first kappa shape index (κ1) is 23.0. The van der Waals surface area contributed by atoms with Gasteiger partial charge in [0.15, 0.2) is 5.96 Å². The van der Waals surface area contributed by atoms with Crippen LogP contribution in [0.1, 0.15) is 45.2 Å². The Labute approximate surface area is 175 Å². The van der Waals surface area contributed by atoms with Crippen molar-refractivity contribution in [3.8, 4) is 0 Å². The van der Waals surface area contributed by atoms with Crippen molar-refractivity contribution in [2.24, 2.45) is 4.99 Å². The van der Waals surface area contributed by atoms with Crippen LogP contribution in [0.5, 0.6) is 0 Å². The number of likely N-dealkylation sites (N-methyl/N-ethyl adjacent to an activating group) is 1. The van der Waals surface area contributed by atoms with Crippen LogP contribution < -0.4 is 10.6 Å². The first-order valence-corrected chi connectivity index (χ1v) is 11.8. The highest BCUT2D eigenvalue weighted by molar-refractivity contribution is 8.00. The van der Waals surface area contributed by atoms with Crippen LogP contribution >= 0.6 is 11.8 Å². The Balaban J connectivity index is 2.08. The van der Waals surface area contributed by atoms with E-state index >= 15 is 0 Å². The van der Waals surface area contributed by atoms with E-state index in [1.807, 2.05) is 11.8 Å². The summed E-state index contributed by atoms with van der Waals surface area (Å²) in [6, 6.07) is 11.1. The van der Waals surface area contributed by atoms with Gasteiger partial charge in [-0.15, -0.1) is 0 Å². The molecule has 5 nitrogen and oxygen atoms in total. The smallest absolute Gasteiger partial charge is 0.191 e. The van der Waals surface area contributed by atoms with E-state index in [0.717, 1.165) is 64.7 Å². The SMILES string of the molecule is CCNC(=NCC1(SC)CCOCC1)NCC(c1ccccc1)N(CC)CC. The highest BCUT2D eigenvalue weighted by atomic mass is 32.2. The highest BCUT2D eigenvalue weighted by Crippen LogP contribution is 2.34. The van der Waals surface area contributed by atoms with Crippen LogP contribution in [0.25, 0.3) is 0 Å². The molecule has 6 heteroatoms. The summed E-state index contributed by atoms with van der Waals surface area (Å²) in [7, 11) is 0. The van der Waals surface area contributed by atoms with Gasteiger partial charge in [0.05, 0.1) is 12.6 Å². The van der Waals surface area contributed by atoms with Gasteiger partial charge in [-0.1, -0.05) is 44.2 Å². The van der Waals surface area contributed by atoms with E-state index in [1.54, 1.807) is 0 Å². The second-order valence-electron chi connectivity index (χ2n) is 7.22. The molecule has 28 heavy (non-hydrogen) atoms. The van der Waals surface area contributed by atoms with E-state index in [0.29, 0.717) is 6.04 Å². The summed E-state index contributed by atoms with van der Waals surface area (Å²) in [5.41, 5.74) is 1.35. The maximum Gasteiger partial charge on any atom is 0.191 e. The average Bonchev–Trinajstić information content (AvgIpc) is 2.76. The van der Waals surface area contributed by atoms with Gasteiger partial charge in [0.25, 0.3) is 0 Å². The molecule has 1 aromatic rings. The Bertz CT molecular complexity index is 571. The Morgan fingerprint density at radius 3 is 2.39 bits per heavy atom. The number of hydrogen-bond acceptors (Lipinski definition) is 4. The molecule has 2 rings (SSSR count). The van der Waals surface area contributed by atoms with Crippen LogP contribution in [0.3, 0.4) is 0 Å². The molecule has 1 atom stereocenters. The minimum absolute atomic E-state index is 0.207. The second-order valence-corrected chi connectivity index (χ2v) is 8.50. The Hall–Kier alpha value is -1.24. The molecule has 0 amide bonds. The van der Waals surface area contributed by atoms with Gasteiger partial charge >= 0.3 is 0 Å². The number of nitrogens with one attached hydrogen (secondary N) is 2. The number of thioether (sulfide) groups is 1. The van der Waals surface area contributed by atoms with Crippen molar-refractivity contribution in [1.29, 1.82) is 0 Å². The van der Waals surface area contributed by atoms with Gasteiger partial charge in [-0.3, -0.25) is 9.89 Å². The van der Waals surface area contributed by atoms with E-state index in [4.69, 9.17) is 9.73 Å². The van der Waals surface area contributed by atoms with E-state index in [1.165, 1.54) is 5.56 Å². The van der Waals surface area contributed by atoms with Crippen molar-refractivity contribution in [2.45, 2.75) is 44.4 Å². The van der Waals surface area contributed by atoms with E-state index in [2.05, 4.69) is 72.9 Å². The third-order valence-electron chi connectivity index (χ3n) is 5.61. The first-order valence-electron chi connectivity index (χ1n) is 10.6. The molecule has 1 heterocycles. The molecule has 1 aliphatic heterocycles. The fraction of sp³-hybridized carbons (Fsp3) is 0.682. The maximum absolute atomic E-state index is 5.56. The number of guanidine groups is 1. The largest absolute Gasteiger partial charge is 0.381 e. The lowest BCUT2D eigenvalue weighted by atomic mass is 9.99. The van der Waals surface area contributed by atoms with Crippen LogP contribution in [0.2, 0.25) is 0 Å². The van der Waals surface area contributed by atoms with Gasteiger partial charge in [0.2, 0.25) is 0 Å². The van der Waals surface area contributed by atoms with Crippen molar-refractivity contribution in [3.05, 3.63) is 35.9 Å². The van der Waals surface area contributed by atoms with Crippen LogP contribution in [-0.4, -0.2) is 67.8 Å². The van der Waals surface area contributed by atoms with Crippen molar-refractivity contribution in [3.63, 3.8) is 0 Å². The molecule has 0 aliphatic carbocycles. The lowest BCUT2D eigenvalue weighted by Crippen LogP contribution is -2.44. The molecule has 158 valence electrons. The van der Waals surface area contributed by atoms with Crippen molar-refractivity contribution in [1.82, 2.24) is 15.5 Å². The normalized spacial score (nSPS) is 18.1. The minimum Gasteiger partial charge on any atom is -0.381 e. The molecule has 1 unspecified atom stereocenters. The highest BCUT2D eigenvalue weighted by Gasteiger charge is 2.31. The zero-order valence-corrected chi connectivity index (χ0v) is 18.9. The lowest BCUT2D eigenvalue weighted by Gasteiger charge is -2.34. The van der Waals surface area contributed by atoms with Gasteiger partial charge in [0.1, 0.15) is 0 Å². The lowest BCUT2D eigenvalue weighted by molar-refractivity contribution is 0.0794. The summed E-state index contributed by atoms with van der Waals surface area (Å²) in [6.45, 7) is 12.9. The monoisotopic (exact) mass is 406 g/mol. The zero-order valence-electron chi connectivity index (χ0n) is 18.0. The number of ether oxygens (including phenoxy) is 1. The summed E-state index contributed by atoms with van der Waals surface area (Å²) in [6.07, 6.45) is 4.35. The number of hydrogen-bond donors (Lipinski definition) is 2. The van der Waals surface area contributed by atoms with Crippen molar-refractivity contribution >= 4 is 17.7 Å².